The number of phenols is 1. The number of rotatable bonds is 4. The monoisotopic (exact) mass is 347 g/mol. The van der Waals surface area contributed by atoms with Crippen LogP contribution in [0.15, 0.2) is 51.9 Å². The van der Waals surface area contributed by atoms with Crippen molar-refractivity contribution in [3.63, 3.8) is 0 Å². The zero-order valence-electron chi connectivity index (χ0n) is 12.3. The van der Waals surface area contributed by atoms with Gasteiger partial charge in [-0.3, -0.25) is 4.79 Å². The third-order valence-corrected chi connectivity index (χ3v) is 4.26. The Morgan fingerprint density at radius 3 is 2.75 bits per heavy atom. The van der Waals surface area contributed by atoms with Gasteiger partial charge in [-0.05, 0) is 30.3 Å². The number of fused-ring (bicyclic) bond motifs is 1. The number of carbonyl (C=O) groups is 1. The van der Waals surface area contributed by atoms with Gasteiger partial charge < -0.3 is 14.9 Å². The van der Waals surface area contributed by atoms with Crippen LogP contribution < -0.4 is 10.5 Å². The maximum absolute atomic E-state index is 12.2. The molecule has 0 fully saturated rings. The predicted octanol–water partition coefficient (Wildman–Crippen LogP) is 1.36. The first-order valence-corrected chi connectivity index (χ1v) is 8.38. The highest BCUT2D eigenvalue weighted by Crippen LogP contribution is 2.26. The predicted molar refractivity (Wildman–Crippen MR) is 85.8 cm³/mol. The molecule has 1 amide bonds. The van der Waals surface area contributed by atoms with E-state index in [9.17, 15) is 18.3 Å². The fourth-order valence-electron chi connectivity index (χ4n) is 2.20. The van der Waals surface area contributed by atoms with Crippen molar-refractivity contribution in [2.75, 3.05) is 5.32 Å². The zero-order chi connectivity index (χ0) is 17.3. The summed E-state index contributed by atoms with van der Waals surface area (Å²) in [5.41, 5.74) is 0.934. The average molecular weight is 347 g/mol. The van der Waals surface area contributed by atoms with Crippen molar-refractivity contribution < 1.29 is 22.8 Å². The van der Waals surface area contributed by atoms with Gasteiger partial charge in [-0.2, -0.15) is 0 Å². The summed E-state index contributed by atoms with van der Waals surface area (Å²) in [6.07, 6.45) is -0.101. The molecule has 8 nitrogen and oxygen atoms in total. The minimum atomic E-state index is -3.95. The van der Waals surface area contributed by atoms with Crippen LogP contribution in [0.25, 0.3) is 11.0 Å². The SMILES string of the molecule is NS(=O)(=O)c1ccc(O)c(NC(=O)Cc2noc3ccccc23)c1. The highest BCUT2D eigenvalue weighted by atomic mass is 32.2. The van der Waals surface area contributed by atoms with E-state index in [-0.39, 0.29) is 22.8 Å². The van der Waals surface area contributed by atoms with Crippen LogP contribution >= 0.6 is 0 Å². The van der Waals surface area contributed by atoms with Gasteiger partial charge >= 0.3 is 0 Å². The van der Waals surface area contributed by atoms with E-state index in [1.54, 1.807) is 24.3 Å². The van der Waals surface area contributed by atoms with E-state index < -0.39 is 15.9 Å². The number of anilines is 1. The summed E-state index contributed by atoms with van der Waals surface area (Å²) in [6, 6.07) is 10.4. The molecule has 0 aliphatic carbocycles. The molecule has 1 heterocycles. The molecule has 0 radical (unpaired) electrons. The minimum Gasteiger partial charge on any atom is -0.506 e. The molecule has 24 heavy (non-hydrogen) atoms. The molecule has 9 heteroatoms. The summed E-state index contributed by atoms with van der Waals surface area (Å²) in [6.45, 7) is 0. The number of nitrogens with zero attached hydrogens (tertiary/aromatic N) is 1. The average Bonchev–Trinajstić information content (AvgIpc) is 2.91. The second kappa shape index (κ2) is 5.95. The fourth-order valence-corrected chi connectivity index (χ4v) is 2.74. The number of hydrogen-bond donors (Lipinski definition) is 3. The molecule has 124 valence electrons. The summed E-state index contributed by atoms with van der Waals surface area (Å²) in [7, 11) is -3.95. The van der Waals surface area contributed by atoms with E-state index >= 15 is 0 Å². The highest BCUT2D eigenvalue weighted by Gasteiger charge is 2.16. The third kappa shape index (κ3) is 3.21. The van der Waals surface area contributed by atoms with Crippen LogP contribution in [0.1, 0.15) is 5.69 Å². The fraction of sp³-hybridized carbons (Fsp3) is 0.0667. The lowest BCUT2D eigenvalue weighted by Crippen LogP contribution is -2.16. The van der Waals surface area contributed by atoms with Crippen molar-refractivity contribution in [1.82, 2.24) is 5.16 Å². The van der Waals surface area contributed by atoms with Crippen LogP contribution in [0.3, 0.4) is 0 Å². The Morgan fingerprint density at radius 1 is 1.25 bits per heavy atom. The Labute approximate surface area is 136 Å². The van der Waals surface area contributed by atoms with Crippen molar-refractivity contribution in [2.24, 2.45) is 5.14 Å². The molecule has 1 aromatic heterocycles. The van der Waals surface area contributed by atoms with Crippen molar-refractivity contribution in [2.45, 2.75) is 11.3 Å². The number of aromatic nitrogens is 1. The largest absolute Gasteiger partial charge is 0.506 e. The summed E-state index contributed by atoms with van der Waals surface area (Å²) >= 11 is 0. The Balaban J connectivity index is 1.82. The summed E-state index contributed by atoms with van der Waals surface area (Å²) in [5.74, 6) is -0.767. The van der Waals surface area contributed by atoms with Crippen molar-refractivity contribution >= 4 is 32.6 Å². The molecular formula is C15H13N3O5S. The summed E-state index contributed by atoms with van der Waals surface area (Å²) in [4.78, 5) is 11.9. The van der Waals surface area contributed by atoms with Crippen LogP contribution in [0.5, 0.6) is 5.75 Å². The first kappa shape index (κ1) is 16.0. The third-order valence-electron chi connectivity index (χ3n) is 3.35. The molecule has 2 aromatic carbocycles. The van der Waals surface area contributed by atoms with E-state index in [1.165, 1.54) is 0 Å². The number of phenolic OH excluding ortho intramolecular Hbond substituents is 1. The van der Waals surface area contributed by atoms with Gasteiger partial charge in [-0.25, -0.2) is 13.6 Å². The number of aromatic hydroxyl groups is 1. The van der Waals surface area contributed by atoms with E-state index in [2.05, 4.69) is 10.5 Å². The van der Waals surface area contributed by atoms with Gasteiger partial charge in [0.25, 0.3) is 0 Å². The van der Waals surface area contributed by atoms with Crippen LogP contribution in [0.2, 0.25) is 0 Å². The topological polar surface area (TPSA) is 136 Å². The molecule has 0 aliphatic heterocycles. The van der Waals surface area contributed by atoms with Crippen LogP contribution in [0, 0.1) is 0 Å². The molecular weight excluding hydrogens is 334 g/mol. The number of amides is 1. The Morgan fingerprint density at radius 2 is 2.00 bits per heavy atom. The van der Waals surface area contributed by atoms with Gasteiger partial charge in [0.1, 0.15) is 11.4 Å². The molecule has 4 N–H and O–H groups in total. The molecule has 0 atom stereocenters. The molecule has 0 saturated heterocycles. The van der Waals surface area contributed by atoms with Gasteiger partial charge in [-0.15, -0.1) is 0 Å². The quantitative estimate of drug-likeness (QED) is 0.610. The van der Waals surface area contributed by atoms with Gasteiger partial charge in [0, 0.05) is 5.39 Å². The molecule has 0 unspecified atom stereocenters. The number of hydrogen-bond acceptors (Lipinski definition) is 6. The number of sulfonamides is 1. The number of carbonyl (C=O) groups excluding carboxylic acids is 1. The normalized spacial score (nSPS) is 11.5. The van der Waals surface area contributed by atoms with Crippen LogP contribution in [-0.2, 0) is 21.2 Å². The van der Waals surface area contributed by atoms with Crippen LogP contribution in [0.4, 0.5) is 5.69 Å². The van der Waals surface area contributed by atoms with E-state index in [0.29, 0.717) is 16.7 Å². The van der Waals surface area contributed by atoms with Crippen molar-refractivity contribution in [3.8, 4) is 5.75 Å². The lowest BCUT2D eigenvalue weighted by atomic mass is 10.1. The Bertz CT molecular complexity index is 1030. The molecule has 3 rings (SSSR count). The van der Waals surface area contributed by atoms with Gasteiger partial charge in [0.15, 0.2) is 5.58 Å². The number of nitrogens with two attached hydrogens (primary N) is 1. The molecule has 0 aliphatic rings. The number of benzene rings is 2. The second-order valence-electron chi connectivity index (χ2n) is 5.07. The van der Waals surface area contributed by atoms with Gasteiger partial charge in [-0.1, -0.05) is 17.3 Å². The van der Waals surface area contributed by atoms with E-state index in [4.69, 9.17) is 9.66 Å². The van der Waals surface area contributed by atoms with Crippen molar-refractivity contribution in [3.05, 3.63) is 48.2 Å². The van der Waals surface area contributed by atoms with Crippen LogP contribution in [-0.4, -0.2) is 24.6 Å². The first-order valence-electron chi connectivity index (χ1n) is 6.83. The van der Waals surface area contributed by atoms with Gasteiger partial charge in [0.2, 0.25) is 15.9 Å². The molecule has 0 saturated carbocycles. The van der Waals surface area contributed by atoms with Gasteiger partial charge in [0.05, 0.1) is 17.0 Å². The second-order valence-corrected chi connectivity index (χ2v) is 6.64. The lowest BCUT2D eigenvalue weighted by molar-refractivity contribution is -0.115. The molecule has 0 bridgehead atoms. The smallest absolute Gasteiger partial charge is 0.238 e. The summed E-state index contributed by atoms with van der Waals surface area (Å²) in [5, 5.41) is 21.8. The first-order chi connectivity index (χ1) is 11.3. The highest BCUT2D eigenvalue weighted by molar-refractivity contribution is 7.89. The maximum Gasteiger partial charge on any atom is 0.238 e. The minimum absolute atomic E-state index is 0.0562. The number of para-hydroxylation sites is 1. The lowest BCUT2D eigenvalue weighted by Gasteiger charge is -2.08. The zero-order valence-corrected chi connectivity index (χ0v) is 13.1. The van der Waals surface area contributed by atoms with E-state index in [0.717, 1.165) is 18.2 Å². The number of nitrogens with one attached hydrogen (secondary N) is 1. The standard InChI is InChI=1S/C15H13N3O5S/c16-24(21,22)9-5-6-13(19)12(7-9)17-15(20)8-11-10-3-1-2-4-14(10)23-18-11/h1-7,19H,8H2,(H,17,20)(H2,16,21,22). The Hall–Kier alpha value is -2.91. The van der Waals surface area contributed by atoms with Crippen molar-refractivity contribution in [1.29, 1.82) is 0 Å². The Kier molecular flexibility index (Phi) is 3.96. The van der Waals surface area contributed by atoms with E-state index in [1.807, 2.05) is 0 Å². The summed E-state index contributed by atoms with van der Waals surface area (Å²) < 4.78 is 27.8. The number of primary sulfonamides is 1. The molecule has 0 spiro atoms. The molecule has 3 aromatic rings. The maximum atomic E-state index is 12.2.